The number of fused-ring (bicyclic) bond motifs is 1. The van der Waals surface area contributed by atoms with E-state index in [0.29, 0.717) is 5.69 Å². The van der Waals surface area contributed by atoms with E-state index in [1.807, 2.05) is 0 Å². The van der Waals surface area contributed by atoms with Crippen molar-refractivity contribution >= 4 is 22.9 Å². The molecule has 0 saturated carbocycles. The normalized spacial score (nSPS) is 11.1. The summed E-state index contributed by atoms with van der Waals surface area (Å²) in [5.41, 5.74) is 1.39. The van der Waals surface area contributed by atoms with Crippen molar-refractivity contribution in [2.75, 3.05) is 0 Å². The van der Waals surface area contributed by atoms with E-state index in [0.717, 1.165) is 17.0 Å². The molecule has 0 unspecified atom stereocenters. The molecule has 2 aromatic rings. The summed E-state index contributed by atoms with van der Waals surface area (Å²) < 4.78 is 0. The number of carbonyl (C=O) groups is 1. The minimum Gasteiger partial charge on any atom is -0.478 e. The van der Waals surface area contributed by atoms with Crippen LogP contribution in [0.3, 0.4) is 0 Å². The minimum atomic E-state index is -0.991. The molecule has 0 bridgehead atoms. The Morgan fingerprint density at radius 2 is 2.43 bits per heavy atom. The van der Waals surface area contributed by atoms with Gasteiger partial charge in [-0.1, -0.05) is 0 Å². The second-order valence-corrected chi connectivity index (χ2v) is 2.70. The number of nitrogens with one attached hydrogen (secondary N) is 1. The topological polar surface area (TPSA) is 78.9 Å². The van der Waals surface area contributed by atoms with Gasteiger partial charge >= 0.3 is 5.97 Å². The fraction of sp³-hybridized carbons (Fsp3) is 0. The first-order chi connectivity index (χ1) is 6.77. The zero-order valence-corrected chi connectivity index (χ0v) is 7.14. The second-order valence-electron chi connectivity index (χ2n) is 2.70. The van der Waals surface area contributed by atoms with Crippen molar-refractivity contribution in [2.24, 2.45) is 0 Å². The third-order valence-electron chi connectivity index (χ3n) is 1.78. The summed E-state index contributed by atoms with van der Waals surface area (Å²) in [6.45, 7) is 0. The molecule has 2 N–H and O–H groups in total. The Morgan fingerprint density at radius 3 is 3.21 bits per heavy atom. The monoisotopic (exact) mass is 189 g/mol. The van der Waals surface area contributed by atoms with Crippen LogP contribution in [0.4, 0.5) is 0 Å². The maximum atomic E-state index is 10.3. The molecule has 5 nitrogen and oxygen atoms in total. The van der Waals surface area contributed by atoms with Crippen molar-refractivity contribution in [3.63, 3.8) is 0 Å². The van der Waals surface area contributed by atoms with Gasteiger partial charge in [0.1, 0.15) is 0 Å². The van der Waals surface area contributed by atoms with Crippen LogP contribution in [0.15, 0.2) is 24.5 Å². The van der Waals surface area contributed by atoms with Crippen molar-refractivity contribution in [3.8, 4) is 0 Å². The van der Waals surface area contributed by atoms with Gasteiger partial charge in [-0.05, 0) is 12.1 Å². The van der Waals surface area contributed by atoms with Crippen molar-refractivity contribution in [2.45, 2.75) is 0 Å². The molecule has 2 aromatic heterocycles. The quantitative estimate of drug-likeness (QED) is 0.692. The third kappa shape index (κ3) is 1.47. The highest BCUT2D eigenvalue weighted by molar-refractivity contribution is 5.91. The zero-order valence-electron chi connectivity index (χ0n) is 7.14. The molecule has 70 valence electrons. The number of pyridine rings is 1. The lowest BCUT2D eigenvalue weighted by atomic mass is 10.2. The molecular formula is C9H7N3O2. The third-order valence-corrected chi connectivity index (χ3v) is 1.78. The fourth-order valence-corrected chi connectivity index (χ4v) is 1.16. The molecule has 5 heteroatoms. The fourth-order valence-electron chi connectivity index (χ4n) is 1.16. The molecule has 0 atom stereocenters. The molecule has 0 aliphatic rings. The van der Waals surface area contributed by atoms with E-state index < -0.39 is 5.97 Å². The summed E-state index contributed by atoms with van der Waals surface area (Å²) in [4.78, 5) is 14.2. The van der Waals surface area contributed by atoms with Gasteiger partial charge in [0, 0.05) is 17.7 Å². The number of rotatable bonds is 2. The SMILES string of the molecule is O=C(O)C=Cc1n[nH]c2cnccc12. The molecule has 0 spiro atoms. The standard InChI is InChI=1S/C9H7N3O2/c13-9(14)2-1-7-6-3-4-10-5-8(6)12-11-7/h1-5H,(H,11,12)(H,13,14). The number of aliphatic carboxylic acids is 1. The number of carboxylic acid groups (broad SMARTS) is 1. The summed E-state index contributed by atoms with van der Waals surface area (Å²) in [6.07, 6.45) is 5.77. The molecule has 0 radical (unpaired) electrons. The van der Waals surface area contributed by atoms with Gasteiger partial charge in [0.05, 0.1) is 17.4 Å². The number of aromatic amines is 1. The predicted octanol–water partition coefficient (Wildman–Crippen LogP) is 1.06. The maximum absolute atomic E-state index is 10.3. The Balaban J connectivity index is 2.48. The summed E-state index contributed by atoms with van der Waals surface area (Å²) in [7, 11) is 0. The number of hydrogen-bond acceptors (Lipinski definition) is 3. The Kier molecular flexibility index (Phi) is 1.98. The van der Waals surface area contributed by atoms with Crippen LogP contribution in [0.25, 0.3) is 17.0 Å². The van der Waals surface area contributed by atoms with Crippen LogP contribution >= 0.6 is 0 Å². The first kappa shape index (κ1) is 8.43. The molecule has 0 aromatic carbocycles. The van der Waals surface area contributed by atoms with Gasteiger partial charge in [0.25, 0.3) is 0 Å². The summed E-state index contributed by atoms with van der Waals surface area (Å²) in [6, 6.07) is 1.78. The number of hydrogen-bond donors (Lipinski definition) is 2. The van der Waals surface area contributed by atoms with Gasteiger partial charge in [0.2, 0.25) is 0 Å². The predicted molar refractivity (Wildman–Crippen MR) is 50.6 cm³/mol. The Morgan fingerprint density at radius 1 is 1.57 bits per heavy atom. The molecule has 0 amide bonds. The highest BCUT2D eigenvalue weighted by atomic mass is 16.4. The van der Waals surface area contributed by atoms with Gasteiger partial charge < -0.3 is 5.11 Å². The first-order valence-corrected chi connectivity index (χ1v) is 3.96. The minimum absolute atomic E-state index is 0.602. The average molecular weight is 189 g/mol. The van der Waals surface area contributed by atoms with E-state index >= 15 is 0 Å². The van der Waals surface area contributed by atoms with Crippen LogP contribution in [-0.4, -0.2) is 26.3 Å². The van der Waals surface area contributed by atoms with Crippen LogP contribution in [0.5, 0.6) is 0 Å². The molecule has 2 heterocycles. The van der Waals surface area contributed by atoms with E-state index in [4.69, 9.17) is 5.11 Å². The van der Waals surface area contributed by atoms with Gasteiger partial charge in [-0.15, -0.1) is 0 Å². The lowest BCUT2D eigenvalue weighted by Gasteiger charge is -1.86. The Labute approximate surface area is 79.1 Å². The van der Waals surface area contributed by atoms with E-state index in [1.54, 1.807) is 18.5 Å². The van der Waals surface area contributed by atoms with Crippen molar-refractivity contribution in [1.82, 2.24) is 15.2 Å². The van der Waals surface area contributed by atoms with Crippen LogP contribution in [-0.2, 0) is 4.79 Å². The van der Waals surface area contributed by atoms with E-state index in [2.05, 4.69) is 15.2 Å². The maximum Gasteiger partial charge on any atom is 0.328 e. The second kappa shape index (κ2) is 3.29. The smallest absolute Gasteiger partial charge is 0.328 e. The van der Waals surface area contributed by atoms with E-state index in [-0.39, 0.29) is 0 Å². The number of carboxylic acids is 1. The molecule has 0 aliphatic heterocycles. The molecule has 0 saturated heterocycles. The summed E-state index contributed by atoms with van der Waals surface area (Å²) in [5, 5.41) is 16.0. The molecule has 0 aliphatic carbocycles. The van der Waals surface area contributed by atoms with Crippen LogP contribution in [0.2, 0.25) is 0 Å². The number of aromatic nitrogens is 3. The molecule has 2 rings (SSSR count). The van der Waals surface area contributed by atoms with E-state index in [9.17, 15) is 4.79 Å². The zero-order chi connectivity index (χ0) is 9.97. The van der Waals surface area contributed by atoms with Crippen molar-refractivity contribution < 1.29 is 9.90 Å². The Bertz CT molecular complexity index is 501. The molecular weight excluding hydrogens is 182 g/mol. The molecule has 14 heavy (non-hydrogen) atoms. The van der Waals surface area contributed by atoms with Gasteiger partial charge in [-0.25, -0.2) is 4.79 Å². The Hall–Kier alpha value is -2.17. The largest absolute Gasteiger partial charge is 0.478 e. The average Bonchev–Trinajstić information content (AvgIpc) is 2.58. The highest BCUT2D eigenvalue weighted by Crippen LogP contribution is 2.14. The van der Waals surface area contributed by atoms with Gasteiger partial charge in [-0.2, -0.15) is 5.10 Å². The highest BCUT2D eigenvalue weighted by Gasteiger charge is 2.01. The summed E-state index contributed by atoms with van der Waals surface area (Å²) in [5.74, 6) is -0.991. The van der Waals surface area contributed by atoms with Crippen LogP contribution < -0.4 is 0 Å². The lowest BCUT2D eigenvalue weighted by Crippen LogP contribution is -1.85. The van der Waals surface area contributed by atoms with E-state index in [1.165, 1.54) is 6.08 Å². The lowest BCUT2D eigenvalue weighted by molar-refractivity contribution is -0.131. The van der Waals surface area contributed by atoms with Crippen LogP contribution in [0.1, 0.15) is 5.69 Å². The van der Waals surface area contributed by atoms with Gasteiger partial charge in [0.15, 0.2) is 0 Å². The molecule has 0 fully saturated rings. The van der Waals surface area contributed by atoms with Crippen molar-refractivity contribution in [3.05, 3.63) is 30.2 Å². The number of nitrogens with zero attached hydrogens (tertiary/aromatic N) is 2. The number of H-pyrrole nitrogens is 1. The van der Waals surface area contributed by atoms with Crippen LogP contribution in [0, 0.1) is 0 Å². The van der Waals surface area contributed by atoms with Crippen molar-refractivity contribution in [1.29, 1.82) is 0 Å². The first-order valence-electron chi connectivity index (χ1n) is 3.96. The summed E-state index contributed by atoms with van der Waals surface area (Å²) >= 11 is 0. The van der Waals surface area contributed by atoms with Gasteiger partial charge in [-0.3, -0.25) is 10.1 Å².